The van der Waals surface area contributed by atoms with Crippen molar-refractivity contribution in [3.63, 3.8) is 0 Å². The van der Waals surface area contributed by atoms with Crippen LogP contribution in [0.2, 0.25) is 0 Å². The van der Waals surface area contributed by atoms with Gasteiger partial charge in [-0.2, -0.15) is 0 Å². The van der Waals surface area contributed by atoms with Crippen molar-refractivity contribution >= 4 is 21.4 Å². The molecule has 1 aliphatic carbocycles. The highest BCUT2D eigenvalue weighted by Crippen LogP contribution is 2.37. The third kappa shape index (κ3) is 2.98. The summed E-state index contributed by atoms with van der Waals surface area (Å²) in [4.78, 5) is 3.64. The van der Waals surface area contributed by atoms with E-state index in [2.05, 4.69) is 24.2 Å². The standard InChI is InChI=1S/C17H23FN2S/c1-11(12-7-8-12)20(3)10-13-16(9-19-2)21-15-6-4-5-14(18)17(13)15/h4-6,11-12,19H,7-10H2,1-3H3. The molecule has 3 rings (SSSR count). The minimum absolute atomic E-state index is 0.0893. The van der Waals surface area contributed by atoms with Gasteiger partial charge in [0, 0.05) is 34.1 Å². The maximum absolute atomic E-state index is 14.3. The minimum atomic E-state index is -0.0893. The van der Waals surface area contributed by atoms with Gasteiger partial charge >= 0.3 is 0 Å². The highest BCUT2D eigenvalue weighted by molar-refractivity contribution is 7.19. The maximum Gasteiger partial charge on any atom is 0.132 e. The van der Waals surface area contributed by atoms with Crippen molar-refractivity contribution in [2.24, 2.45) is 5.92 Å². The summed E-state index contributed by atoms with van der Waals surface area (Å²) < 4.78 is 15.3. The number of halogens is 1. The van der Waals surface area contributed by atoms with E-state index in [9.17, 15) is 4.39 Å². The zero-order valence-corrected chi connectivity index (χ0v) is 13.8. The summed E-state index contributed by atoms with van der Waals surface area (Å²) in [5, 5.41) is 4.03. The number of fused-ring (bicyclic) bond motifs is 1. The van der Waals surface area contributed by atoms with Crippen LogP contribution in [0.4, 0.5) is 4.39 Å². The second-order valence-electron chi connectivity index (χ2n) is 6.14. The van der Waals surface area contributed by atoms with Crippen LogP contribution in [-0.2, 0) is 13.1 Å². The van der Waals surface area contributed by atoms with Gasteiger partial charge in [-0.05, 0) is 57.5 Å². The molecule has 0 amide bonds. The topological polar surface area (TPSA) is 15.3 Å². The third-order valence-electron chi connectivity index (χ3n) is 4.59. The van der Waals surface area contributed by atoms with Crippen molar-refractivity contribution in [3.05, 3.63) is 34.5 Å². The lowest BCUT2D eigenvalue weighted by Crippen LogP contribution is -2.30. The smallest absolute Gasteiger partial charge is 0.132 e. The van der Waals surface area contributed by atoms with E-state index in [1.165, 1.54) is 17.7 Å². The molecule has 0 radical (unpaired) electrons. The molecule has 1 N–H and O–H groups in total. The molecule has 114 valence electrons. The molecular weight excluding hydrogens is 283 g/mol. The fraction of sp³-hybridized carbons (Fsp3) is 0.529. The van der Waals surface area contributed by atoms with Crippen LogP contribution in [-0.4, -0.2) is 25.0 Å². The Hall–Kier alpha value is -0.970. The summed E-state index contributed by atoms with van der Waals surface area (Å²) in [6.07, 6.45) is 2.68. The second kappa shape index (κ2) is 6.03. The molecule has 1 fully saturated rings. The molecule has 1 atom stereocenters. The summed E-state index contributed by atoms with van der Waals surface area (Å²) in [6.45, 7) is 3.93. The van der Waals surface area contributed by atoms with Gasteiger partial charge < -0.3 is 5.32 Å². The highest BCUT2D eigenvalue weighted by atomic mass is 32.1. The fourth-order valence-electron chi connectivity index (χ4n) is 3.02. The van der Waals surface area contributed by atoms with Crippen LogP contribution in [0.3, 0.4) is 0 Å². The SMILES string of the molecule is CNCc1sc2cccc(F)c2c1CN(C)C(C)C1CC1. The fourth-order valence-corrected chi connectivity index (χ4v) is 4.26. The van der Waals surface area contributed by atoms with E-state index in [1.807, 2.05) is 13.1 Å². The molecule has 2 nitrogen and oxygen atoms in total. The first-order chi connectivity index (χ1) is 10.1. The summed E-state index contributed by atoms with van der Waals surface area (Å²) in [5.74, 6) is 0.742. The predicted molar refractivity (Wildman–Crippen MR) is 88.2 cm³/mol. The Kier molecular flexibility index (Phi) is 4.29. The van der Waals surface area contributed by atoms with Gasteiger partial charge in [-0.1, -0.05) is 6.07 Å². The predicted octanol–water partition coefficient (Wildman–Crippen LogP) is 3.99. The molecule has 1 aliphatic rings. The first kappa shape index (κ1) is 14.9. The van der Waals surface area contributed by atoms with Crippen LogP contribution in [0.1, 0.15) is 30.2 Å². The van der Waals surface area contributed by atoms with Gasteiger partial charge in [0.25, 0.3) is 0 Å². The number of hydrogen-bond acceptors (Lipinski definition) is 3. The van der Waals surface area contributed by atoms with Crippen LogP contribution in [0, 0.1) is 11.7 Å². The molecule has 1 heterocycles. The summed E-state index contributed by atoms with van der Waals surface area (Å²) in [7, 11) is 4.11. The lowest BCUT2D eigenvalue weighted by atomic mass is 10.1. The number of hydrogen-bond donors (Lipinski definition) is 1. The molecule has 1 unspecified atom stereocenters. The van der Waals surface area contributed by atoms with Crippen LogP contribution >= 0.6 is 11.3 Å². The Morgan fingerprint density at radius 2 is 2.19 bits per heavy atom. The van der Waals surface area contributed by atoms with Crippen molar-refractivity contribution in [2.45, 2.75) is 38.9 Å². The Morgan fingerprint density at radius 3 is 2.86 bits per heavy atom. The van der Waals surface area contributed by atoms with Crippen LogP contribution in [0.15, 0.2) is 18.2 Å². The van der Waals surface area contributed by atoms with Gasteiger partial charge in [-0.15, -0.1) is 11.3 Å². The molecule has 1 aromatic heterocycles. The first-order valence-electron chi connectivity index (χ1n) is 7.65. The van der Waals surface area contributed by atoms with Crippen LogP contribution in [0.5, 0.6) is 0 Å². The van der Waals surface area contributed by atoms with E-state index in [4.69, 9.17) is 0 Å². The Bertz CT molecular complexity index is 633. The van der Waals surface area contributed by atoms with Gasteiger partial charge in [-0.25, -0.2) is 4.39 Å². The minimum Gasteiger partial charge on any atom is -0.315 e. The van der Waals surface area contributed by atoms with Gasteiger partial charge in [0.1, 0.15) is 5.82 Å². The Labute approximate surface area is 130 Å². The van der Waals surface area contributed by atoms with Crippen molar-refractivity contribution < 1.29 is 4.39 Å². The summed E-state index contributed by atoms with van der Waals surface area (Å²) in [5.41, 5.74) is 1.16. The molecule has 21 heavy (non-hydrogen) atoms. The van der Waals surface area contributed by atoms with E-state index in [-0.39, 0.29) is 5.82 Å². The molecule has 2 aromatic rings. The van der Waals surface area contributed by atoms with Gasteiger partial charge in [0.05, 0.1) is 0 Å². The van der Waals surface area contributed by atoms with E-state index < -0.39 is 0 Å². The van der Waals surface area contributed by atoms with Crippen molar-refractivity contribution in [2.75, 3.05) is 14.1 Å². The number of nitrogens with one attached hydrogen (secondary N) is 1. The van der Waals surface area contributed by atoms with E-state index >= 15 is 0 Å². The van der Waals surface area contributed by atoms with Gasteiger partial charge in [0.2, 0.25) is 0 Å². The average Bonchev–Trinajstić information content (AvgIpc) is 3.24. The molecule has 0 spiro atoms. The molecule has 0 saturated heterocycles. The van der Waals surface area contributed by atoms with Crippen molar-refractivity contribution in [1.29, 1.82) is 0 Å². The quantitative estimate of drug-likeness (QED) is 0.868. The largest absolute Gasteiger partial charge is 0.315 e. The third-order valence-corrected chi connectivity index (χ3v) is 5.79. The number of thiophene rings is 1. The summed E-state index contributed by atoms with van der Waals surface area (Å²) in [6, 6.07) is 5.98. The Morgan fingerprint density at radius 1 is 1.43 bits per heavy atom. The lowest BCUT2D eigenvalue weighted by Gasteiger charge is -2.25. The van der Waals surface area contributed by atoms with Crippen LogP contribution in [0.25, 0.3) is 10.1 Å². The number of rotatable bonds is 6. The number of benzene rings is 1. The maximum atomic E-state index is 14.3. The first-order valence-corrected chi connectivity index (χ1v) is 8.47. The van der Waals surface area contributed by atoms with Crippen LogP contribution < -0.4 is 5.32 Å². The van der Waals surface area contributed by atoms with Crippen molar-refractivity contribution in [1.82, 2.24) is 10.2 Å². The van der Waals surface area contributed by atoms with E-state index in [0.717, 1.165) is 34.7 Å². The van der Waals surface area contributed by atoms with Gasteiger partial charge in [-0.3, -0.25) is 4.90 Å². The van der Waals surface area contributed by atoms with Gasteiger partial charge in [0.15, 0.2) is 0 Å². The second-order valence-corrected chi connectivity index (χ2v) is 7.28. The Balaban J connectivity index is 1.96. The molecule has 0 aliphatic heterocycles. The van der Waals surface area contributed by atoms with E-state index in [1.54, 1.807) is 23.5 Å². The van der Waals surface area contributed by atoms with Crippen molar-refractivity contribution in [3.8, 4) is 0 Å². The average molecular weight is 306 g/mol. The molecule has 1 saturated carbocycles. The zero-order chi connectivity index (χ0) is 15.0. The monoisotopic (exact) mass is 306 g/mol. The zero-order valence-electron chi connectivity index (χ0n) is 12.9. The highest BCUT2D eigenvalue weighted by Gasteiger charge is 2.31. The molecule has 1 aromatic carbocycles. The molecule has 4 heteroatoms. The number of nitrogens with zero attached hydrogens (tertiary/aromatic N) is 1. The summed E-state index contributed by atoms with van der Waals surface area (Å²) >= 11 is 1.71. The molecule has 0 bridgehead atoms. The van der Waals surface area contributed by atoms with E-state index in [0.29, 0.717) is 6.04 Å². The molecular formula is C17H23FN2S. The lowest BCUT2D eigenvalue weighted by molar-refractivity contribution is 0.227. The normalized spacial score (nSPS) is 16.8.